The van der Waals surface area contributed by atoms with E-state index in [2.05, 4.69) is 9.71 Å². The summed E-state index contributed by atoms with van der Waals surface area (Å²) >= 11 is 0. The number of benzene rings is 2. The van der Waals surface area contributed by atoms with Crippen molar-refractivity contribution in [2.24, 2.45) is 0 Å². The number of rotatable bonds is 9. The minimum absolute atomic E-state index is 0.149. The highest BCUT2D eigenvalue weighted by molar-refractivity contribution is 7.89. The molecule has 0 spiro atoms. The largest absolute Gasteiger partial charge is 0.490 e. The Morgan fingerprint density at radius 1 is 0.964 bits per heavy atom. The van der Waals surface area contributed by atoms with Crippen LogP contribution in [0.25, 0.3) is 10.9 Å². The van der Waals surface area contributed by atoms with Crippen molar-refractivity contribution in [1.29, 1.82) is 0 Å². The lowest BCUT2D eigenvalue weighted by Crippen LogP contribution is -2.26. The molecule has 0 aliphatic rings. The van der Waals surface area contributed by atoms with E-state index in [9.17, 15) is 8.42 Å². The SMILES string of the molecule is CCOc1ccc(S(=O)(=O)NCCc2cccc3cccnc23)cc1OCC. The van der Waals surface area contributed by atoms with Crippen LogP contribution in [0.2, 0.25) is 0 Å². The zero-order valence-corrected chi connectivity index (χ0v) is 16.8. The fraction of sp³-hybridized carbons (Fsp3) is 0.286. The van der Waals surface area contributed by atoms with Gasteiger partial charge in [-0.25, -0.2) is 13.1 Å². The second-order valence-corrected chi connectivity index (χ2v) is 7.88. The van der Waals surface area contributed by atoms with Crippen LogP contribution >= 0.6 is 0 Å². The molecular weight excluding hydrogens is 376 g/mol. The van der Waals surface area contributed by atoms with Crippen LogP contribution in [-0.2, 0) is 16.4 Å². The minimum Gasteiger partial charge on any atom is -0.490 e. The number of para-hydroxylation sites is 1. The smallest absolute Gasteiger partial charge is 0.240 e. The van der Waals surface area contributed by atoms with E-state index in [4.69, 9.17) is 9.47 Å². The number of hydrogen-bond donors (Lipinski definition) is 1. The summed E-state index contributed by atoms with van der Waals surface area (Å²) < 4.78 is 39.0. The summed E-state index contributed by atoms with van der Waals surface area (Å²) in [6.45, 7) is 4.88. The Hall–Kier alpha value is -2.64. The van der Waals surface area contributed by atoms with E-state index >= 15 is 0 Å². The van der Waals surface area contributed by atoms with Crippen molar-refractivity contribution >= 4 is 20.9 Å². The molecule has 148 valence electrons. The second kappa shape index (κ2) is 9.03. The minimum atomic E-state index is -3.66. The van der Waals surface area contributed by atoms with Crippen molar-refractivity contribution in [2.45, 2.75) is 25.2 Å². The fourth-order valence-corrected chi connectivity index (χ4v) is 4.02. The van der Waals surface area contributed by atoms with Gasteiger partial charge >= 0.3 is 0 Å². The van der Waals surface area contributed by atoms with Crippen LogP contribution in [0.5, 0.6) is 11.5 Å². The van der Waals surface area contributed by atoms with Gasteiger partial charge in [0.1, 0.15) is 0 Å². The van der Waals surface area contributed by atoms with Crippen LogP contribution in [0.3, 0.4) is 0 Å². The van der Waals surface area contributed by atoms with Crippen molar-refractivity contribution in [2.75, 3.05) is 19.8 Å². The number of pyridine rings is 1. The van der Waals surface area contributed by atoms with Gasteiger partial charge < -0.3 is 9.47 Å². The topological polar surface area (TPSA) is 77.5 Å². The Labute approximate surface area is 165 Å². The van der Waals surface area contributed by atoms with E-state index in [1.165, 1.54) is 12.1 Å². The Balaban J connectivity index is 1.74. The molecule has 0 saturated carbocycles. The summed E-state index contributed by atoms with van der Waals surface area (Å²) in [7, 11) is -3.66. The van der Waals surface area contributed by atoms with Gasteiger partial charge in [0, 0.05) is 24.2 Å². The van der Waals surface area contributed by atoms with Crippen molar-refractivity contribution in [3.63, 3.8) is 0 Å². The summed E-state index contributed by atoms with van der Waals surface area (Å²) in [6, 6.07) is 14.4. The highest BCUT2D eigenvalue weighted by atomic mass is 32.2. The van der Waals surface area contributed by atoms with Gasteiger partial charge in [0.25, 0.3) is 0 Å². The van der Waals surface area contributed by atoms with E-state index in [0.717, 1.165) is 16.5 Å². The first kappa shape index (κ1) is 20.1. The maximum absolute atomic E-state index is 12.7. The van der Waals surface area contributed by atoms with Gasteiger partial charge in [-0.1, -0.05) is 24.3 Å². The van der Waals surface area contributed by atoms with E-state index < -0.39 is 10.0 Å². The maximum atomic E-state index is 12.7. The number of ether oxygens (including phenoxy) is 2. The molecule has 0 amide bonds. The molecule has 6 nitrogen and oxygen atoms in total. The molecule has 1 heterocycles. The Kier molecular flexibility index (Phi) is 6.49. The number of fused-ring (bicyclic) bond motifs is 1. The van der Waals surface area contributed by atoms with Crippen LogP contribution in [0.1, 0.15) is 19.4 Å². The van der Waals surface area contributed by atoms with Crippen molar-refractivity contribution in [1.82, 2.24) is 9.71 Å². The van der Waals surface area contributed by atoms with Gasteiger partial charge in [-0.2, -0.15) is 0 Å². The van der Waals surface area contributed by atoms with Crippen LogP contribution < -0.4 is 14.2 Å². The van der Waals surface area contributed by atoms with Gasteiger partial charge in [-0.3, -0.25) is 4.98 Å². The third-order valence-corrected chi connectivity index (χ3v) is 5.69. The molecule has 3 rings (SSSR count). The zero-order chi connectivity index (χ0) is 20.0. The summed E-state index contributed by atoms with van der Waals surface area (Å²) in [5.41, 5.74) is 1.89. The average Bonchev–Trinajstić information content (AvgIpc) is 2.69. The molecule has 0 bridgehead atoms. The summed E-state index contributed by atoms with van der Waals surface area (Å²) in [5.74, 6) is 0.954. The summed E-state index contributed by atoms with van der Waals surface area (Å²) in [6.07, 6.45) is 2.29. The molecule has 0 saturated heterocycles. The summed E-state index contributed by atoms with van der Waals surface area (Å²) in [4.78, 5) is 4.55. The molecule has 0 aliphatic heterocycles. The average molecular weight is 401 g/mol. The summed E-state index contributed by atoms with van der Waals surface area (Å²) in [5, 5.41) is 1.04. The van der Waals surface area contributed by atoms with E-state index in [1.54, 1.807) is 12.3 Å². The second-order valence-electron chi connectivity index (χ2n) is 6.11. The molecule has 7 heteroatoms. The van der Waals surface area contributed by atoms with Crippen LogP contribution in [-0.4, -0.2) is 33.2 Å². The van der Waals surface area contributed by atoms with Crippen molar-refractivity contribution < 1.29 is 17.9 Å². The highest BCUT2D eigenvalue weighted by Crippen LogP contribution is 2.30. The van der Waals surface area contributed by atoms with Crippen molar-refractivity contribution in [3.05, 3.63) is 60.3 Å². The molecule has 0 aliphatic carbocycles. The molecule has 1 N–H and O–H groups in total. The lowest BCUT2D eigenvalue weighted by molar-refractivity contribution is 0.287. The Morgan fingerprint density at radius 2 is 1.71 bits per heavy atom. The fourth-order valence-electron chi connectivity index (χ4n) is 2.97. The lowest BCUT2D eigenvalue weighted by atomic mass is 10.1. The van der Waals surface area contributed by atoms with Crippen LogP contribution in [0.4, 0.5) is 0 Å². The molecule has 0 radical (unpaired) electrons. The number of aromatic nitrogens is 1. The Morgan fingerprint density at radius 3 is 2.50 bits per heavy atom. The normalized spacial score (nSPS) is 11.5. The third kappa shape index (κ3) is 4.61. The molecule has 1 aromatic heterocycles. The molecule has 3 aromatic rings. The first-order valence-electron chi connectivity index (χ1n) is 9.27. The molecular formula is C21H24N2O4S. The van der Waals surface area contributed by atoms with Gasteiger partial charge in [-0.15, -0.1) is 0 Å². The van der Waals surface area contributed by atoms with Crippen LogP contribution in [0, 0.1) is 0 Å². The van der Waals surface area contributed by atoms with E-state index in [1.807, 2.05) is 44.2 Å². The van der Waals surface area contributed by atoms with Crippen LogP contribution in [0.15, 0.2) is 59.6 Å². The third-order valence-electron chi connectivity index (χ3n) is 4.23. The quantitative estimate of drug-likeness (QED) is 0.594. The molecule has 28 heavy (non-hydrogen) atoms. The van der Waals surface area contributed by atoms with E-state index in [-0.39, 0.29) is 11.4 Å². The number of nitrogens with zero attached hydrogens (tertiary/aromatic N) is 1. The van der Waals surface area contributed by atoms with Gasteiger partial charge in [0.05, 0.1) is 23.6 Å². The number of nitrogens with one attached hydrogen (secondary N) is 1. The molecule has 0 atom stereocenters. The Bertz CT molecular complexity index is 1050. The van der Waals surface area contributed by atoms with Gasteiger partial charge in [-0.05, 0) is 44.0 Å². The maximum Gasteiger partial charge on any atom is 0.240 e. The monoisotopic (exact) mass is 400 g/mol. The van der Waals surface area contributed by atoms with Crippen molar-refractivity contribution in [3.8, 4) is 11.5 Å². The predicted molar refractivity (Wildman–Crippen MR) is 109 cm³/mol. The highest BCUT2D eigenvalue weighted by Gasteiger charge is 2.17. The predicted octanol–water partition coefficient (Wildman–Crippen LogP) is 3.55. The lowest BCUT2D eigenvalue weighted by Gasteiger charge is -2.13. The molecule has 0 unspecified atom stereocenters. The number of sulfonamides is 1. The van der Waals surface area contributed by atoms with E-state index in [0.29, 0.717) is 31.1 Å². The van der Waals surface area contributed by atoms with Gasteiger partial charge in [0.15, 0.2) is 11.5 Å². The number of hydrogen-bond acceptors (Lipinski definition) is 5. The standard InChI is InChI=1S/C21H24N2O4S/c1-3-26-19-11-10-18(15-20(19)27-4-2)28(24,25)23-14-12-17-8-5-7-16-9-6-13-22-21(16)17/h5-11,13,15,23H,3-4,12,14H2,1-2H3. The first-order valence-corrected chi connectivity index (χ1v) is 10.8. The first-order chi connectivity index (χ1) is 13.5. The zero-order valence-electron chi connectivity index (χ0n) is 16.0. The molecule has 2 aromatic carbocycles. The van der Waals surface area contributed by atoms with Gasteiger partial charge in [0.2, 0.25) is 10.0 Å². The molecule has 0 fully saturated rings.